The van der Waals surface area contributed by atoms with Crippen LogP contribution in [0.25, 0.3) is 10.8 Å². The molecule has 1 unspecified atom stereocenters. The molecule has 3 rings (SSSR count). The lowest BCUT2D eigenvalue weighted by atomic mass is 10.2. The number of nitrogens with zero attached hydrogens (tertiary/aromatic N) is 2. The number of hydrogen-bond donors (Lipinski definition) is 1. The summed E-state index contributed by atoms with van der Waals surface area (Å²) in [5.41, 5.74) is 0. The molecule has 1 aromatic heterocycles. The highest BCUT2D eigenvalue weighted by Crippen LogP contribution is 2.24. The average molecular weight is 319 g/mol. The Morgan fingerprint density at radius 2 is 2.18 bits per heavy atom. The van der Waals surface area contributed by atoms with Crippen LogP contribution in [0.1, 0.15) is 19.8 Å². The maximum absolute atomic E-state index is 13.0. The molecule has 1 N–H and O–H groups in total. The molecule has 6 heteroatoms. The van der Waals surface area contributed by atoms with Crippen molar-refractivity contribution in [3.8, 4) is 0 Å². The van der Waals surface area contributed by atoms with E-state index in [-0.39, 0.29) is 6.04 Å². The summed E-state index contributed by atoms with van der Waals surface area (Å²) in [6.07, 6.45) is 5.08. The Balaban J connectivity index is 2.02. The highest BCUT2D eigenvalue weighted by atomic mass is 32.2. The van der Waals surface area contributed by atoms with Gasteiger partial charge in [-0.15, -0.1) is 0 Å². The van der Waals surface area contributed by atoms with Gasteiger partial charge in [-0.1, -0.05) is 13.0 Å². The van der Waals surface area contributed by atoms with Gasteiger partial charge in [0.2, 0.25) is 10.0 Å². The maximum atomic E-state index is 13.0. The van der Waals surface area contributed by atoms with Gasteiger partial charge < -0.3 is 5.32 Å². The van der Waals surface area contributed by atoms with Gasteiger partial charge in [-0.3, -0.25) is 4.98 Å². The summed E-state index contributed by atoms with van der Waals surface area (Å²) in [5, 5.41) is 5.17. The zero-order chi connectivity index (χ0) is 15.6. The molecule has 118 valence electrons. The Morgan fingerprint density at radius 1 is 1.32 bits per heavy atom. The van der Waals surface area contributed by atoms with E-state index in [1.54, 1.807) is 28.8 Å². The molecule has 0 radical (unpaired) electrons. The van der Waals surface area contributed by atoms with Crippen LogP contribution < -0.4 is 5.32 Å². The fraction of sp³-hybridized carbons (Fsp3) is 0.438. The molecule has 0 spiro atoms. The average Bonchev–Trinajstić information content (AvgIpc) is 2.80. The Morgan fingerprint density at radius 3 is 3.00 bits per heavy atom. The summed E-state index contributed by atoms with van der Waals surface area (Å²) in [4.78, 5) is 4.43. The summed E-state index contributed by atoms with van der Waals surface area (Å²) in [5.74, 6) is 0. The lowest BCUT2D eigenvalue weighted by molar-refractivity contribution is 0.327. The third kappa shape index (κ3) is 2.86. The van der Waals surface area contributed by atoms with Crippen LogP contribution in [0.2, 0.25) is 0 Å². The summed E-state index contributed by atoms with van der Waals surface area (Å²) in [6, 6.07) is 7.12. The summed E-state index contributed by atoms with van der Waals surface area (Å²) in [7, 11) is -3.47. The molecule has 2 heterocycles. The van der Waals surface area contributed by atoms with Crippen LogP contribution >= 0.6 is 0 Å². The summed E-state index contributed by atoms with van der Waals surface area (Å²) >= 11 is 0. The highest BCUT2D eigenvalue weighted by Gasteiger charge is 2.31. The van der Waals surface area contributed by atoms with Crippen LogP contribution in [0, 0.1) is 0 Å². The van der Waals surface area contributed by atoms with Crippen LogP contribution in [0.5, 0.6) is 0 Å². The largest absolute Gasteiger partial charge is 0.315 e. The Kier molecular flexibility index (Phi) is 4.42. The van der Waals surface area contributed by atoms with E-state index in [0.29, 0.717) is 18.0 Å². The van der Waals surface area contributed by atoms with E-state index >= 15 is 0 Å². The first-order chi connectivity index (χ1) is 10.6. The monoisotopic (exact) mass is 319 g/mol. The molecule has 2 aromatic rings. The predicted molar refractivity (Wildman–Crippen MR) is 87.2 cm³/mol. The predicted octanol–water partition coefficient (Wildman–Crippen LogP) is 2.00. The fourth-order valence-electron chi connectivity index (χ4n) is 2.93. The SMILES string of the molecule is CCC1CNCCCN1S(=O)(=O)c1ccc2cnccc2c1. The van der Waals surface area contributed by atoms with Gasteiger partial charge in [-0.2, -0.15) is 4.31 Å². The van der Waals surface area contributed by atoms with Gasteiger partial charge >= 0.3 is 0 Å². The van der Waals surface area contributed by atoms with Crippen molar-refractivity contribution in [3.63, 3.8) is 0 Å². The number of aromatic nitrogens is 1. The van der Waals surface area contributed by atoms with Crippen LogP contribution in [0.4, 0.5) is 0 Å². The van der Waals surface area contributed by atoms with Crippen LogP contribution in [-0.4, -0.2) is 43.4 Å². The van der Waals surface area contributed by atoms with Gasteiger partial charge in [0.05, 0.1) is 4.90 Å². The number of pyridine rings is 1. The molecule has 22 heavy (non-hydrogen) atoms. The van der Waals surface area contributed by atoms with Gasteiger partial charge in [-0.05, 0) is 43.0 Å². The zero-order valence-corrected chi connectivity index (χ0v) is 13.5. The molecule has 1 aliphatic rings. The second-order valence-corrected chi connectivity index (χ2v) is 7.51. The van der Waals surface area contributed by atoms with Gasteiger partial charge in [0.1, 0.15) is 0 Å². The topological polar surface area (TPSA) is 62.3 Å². The molecule has 0 aliphatic carbocycles. The van der Waals surface area contributed by atoms with Crippen LogP contribution in [0.15, 0.2) is 41.6 Å². The van der Waals surface area contributed by atoms with Crippen LogP contribution in [0.3, 0.4) is 0 Å². The molecule has 0 bridgehead atoms. The van der Waals surface area contributed by atoms with Gasteiger partial charge in [-0.25, -0.2) is 8.42 Å². The van der Waals surface area contributed by atoms with Crippen molar-refractivity contribution in [2.75, 3.05) is 19.6 Å². The van der Waals surface area contributed by atoms with E-state index in [9.17, 15) is 8.42 Å². The first-order valence-electron chi connectivity index (χ1n) is 7.69. The smallest absolute Gasteiger partial charge is 0.243 e. The van der Waals surface area contributed by atoms with E-state index in [0.717, 1.165) is 30.2 Å². The number of nitrogens with one attached hydrogen (secondary N) is 1. The highest BCUT2D eigenvalue weighted by molar-refractivity contribution is 7.89. The second kappa shape index (κ2) is 6.32. The minimum atomic E-state index is -3.47. The van der Waals surface area contributed by atoms with Gasteiger partial charge in [0.15, 0.2) is 0 Å². The van der Waals surface area contributed by atoms with Crippen molar-refractivity contribution >= 4 is 20.8 Å². The Labute approximate surface area is 131 Å². The lowest BCUT2D eigenvalue weighted by Gasteiger charge is -2.28. The number of rotatable bonds is 3. The molecule has 1 saturated heterocycles. The molecule has 0 amide bonds. The maximum Gasteiger partial charge on any atom is 0.243 e. The minimum absolute atomic E-state index is 0.0145. The van der Waals surface area contributed by atoms with E-state index in [1.807, 2.05) is 19.1 Å². The molecule has 1 fully saturated rings. The van der Waals surface area contributed by atoms with E-state index in [4.69, 9.17) is 0 Å². The van der Waals surface area contributed by atoms with Gasteiger partial charge in [0.25, 0.3) is 0 Å². The van der Waals surface area contributed by atoms with E-state index < -0.39 is 10.0 Å². The minimum Gasteiger partial charge on any atom is -0.315 e. The molecular formula is C16H21N3O2S. The standard InChI is InChI=1S/C16H21N3O2S/c1-2-15-12-17-7-3-9-19(15)22(20,21)16-5-4-14-11-18-8-6-13(14)10-16/h4-6,8,10-11,15,17H,2-3,7,9,12H2,1H3. The first kappa shape index (κ1) is 15.4. The normalized spacial score (nSPS) is 20.9. The van der Waals surface area contributed by atoms with Crippen molar-refractivity contribution in [1.82, 2.24) is 14.6 Å². The molecule has 5 nitrogen and oxygen atoms in total. The van der Waals surface area contributed by atoms with Crippen LogP contribution in [-0.2, 0) is 10.0 Å². The number of sulfonamides is 1. The second-order valence-electron chi connectivity index (χ2n) is 5.62. The summed E-state index contributed by atoms with van der Waals surface area (Å²) in [6.45, 7) is 4.19. The number of fused-ring (bicyclic) bond motifs is 1. The van der Waals surface area contributed by atoms with Crippen molar-refractivity contribution < 1.29 is 8.42 Å². The van der Waals surface area contributed by atoms with Crippen molar-refractivity contribution in [1.29, 1.82) is 0 Å². The quantitative estimate of drug-likeness (QED) is 0.940. The molecule has 0 saturated carbocycles. The Hall–Kier alpha value is -1.50. The Bertz CT molecular complexity index is 761. The number of hydrogen-bond acceptors (Lipinski definition) is 4. The first-order valence-corrected chi connectivity index (χ1v) is 9.13. The third-order valence-electron chi connectivity index (χ3n) is 4.21. The summed E-state index contributed by atoms with van der Waals surface area (Å²) < 4.78 is 27.7. The van der Waals surface area contributed by atoms with Gasteiger partial charge in [0, 0.05) is 36.9 Å². The molecule has 1 aromatic carbocycles. The third-order valence-corrected chi connectivity index (χ3v) is 6.16. The molecule has 1 atom stereocenters. The lowest BCUT2D eigenvalue weighted by Crippen LogP contribution is -2.43. The fourth-order valence-corrected chi connectivity index (χ4v) is 4.71. The molecular weight excluding hydrogens is 298 g/mol. The van der Waals surface area contributed by atoms with E-state index in [2.05, 4.69) is 10.3 Å². The molecule has 1 aliphatic heterocycles. The van der Waals surface area contributed by atoms with Crippen molar-refractivity contribution in [3.05, 3.63) is 36.7 Å². The zero-order valence-electron chi connectivity index (χ0n) is 12.7. The number of benzene rings is 1. The van der Waals surface area contributed by atoms with Crippen molar-refractivity contribution in [2.45, 2.75) is 30.7 Å². The van der Waals surface area contributed by atoms with E-state index in [1.165, 1.54) is 0 Å². The van der Waals surface area contributed by atoms with Crippen molar-refractivity contribution in [2.24, 2.45) is 0 Å².